The number of aliphatic hydroxyl groups is 1. The molecule has 0 amide bonds. The first-order chi connectivity index (χ1) is 9.29. The molecule has 1 saturated carbocycles. The predicted octanol–water partition coefficient (Wildman–Crippen LogP) is 4.18. The zero-order chi connectivity index (χ0) is 14.9. The second-order valence-electron chi connectivity index (χ2n) is 8.25. The molecule has 0 aromatic heterocycles. The molecule has 1 aromatic rings. The van der Waals surface area contributed by atoms with Gasteiger partial charge in [-0.15, -0.1) is 0 Å². The second kappa shape index (κ2) is 5.65. The minimum Gasteiger partial charge on any atom is -0.396 e. The van der Waals surface area contributed by atoms with Gasteiger partial charge in [0.2, 0.25) is 0 Å². The van der Waals surface area contributed by atoms with Crippen molar-refractivity contribution in [3.05, 3.63) is 30.3 Å². The molecule has 0 heterocycles. The first kappa shape index (κ1) is 15.8. The Morgan fingerprint density at radius 2 is 1.75 bits per heavy atom. The van der Waals surface area contributed by atoms with Gasteiger partial charge in [-0.05, 0) is 42.6 Å². The van der Waals surface area contributed by atoms with Crippen LogP contribution in [-0.4, -0.2) is 19.8 Å². The van der Waals surface area contributed by atoms with E-state index in [9.17, 15) is 5.11 Å². The van der Waals surface area contributed by atoms with E-state index in [0.717, 1.165) is 6.42 Å². The van der Waals surface area contributed by atoms with E-state index in [1.54, 1.807) is 5.19 Å². The summed E-state index contributed by atoms with van der Waals surface area (Å²) in [6.07, 6.45) is 5.25. The van der Waals surface area contributed by atoms with Crippen molar-refractivity contribution in [2.45, 2.75) is 58.7 Å². The van der Waals surface area contributed by atoms with Gasteiger partial charge in [-0.3, -0.25) is 0 Å². The maximum atomic E-state index is 9.43. The van der Waals surface area contributed by atoms with Crippen LogP contribution in [0.2, 0.25) is 19.1 Å². The molecule has 0 aliphatic heterocycles. The van der Waals surface area contributed by atoms with Gasteiger partial charge in [0.1, 0.15) is 0 Å². The molecule has 0 bridgehead atoms. The molecule has 0 saturated heterocycles. The highest BCUT2D eigenvalue weighted by molar-refractivity contribution is 6.89. The molecule has 1 aliphatic carbocycles. The Morgan fingerprint density at radius 1 is 1.15 bits per heavy atom. The third kappa shape index (κ3) is 3.95. The highest BCUT2D eigenvalue weighted by Crippen LogP contribution is 2.56. The summed E-state index contributed by atoms with van der Waals surface area (Å²) in [6, 6.07) is 12.5. The van der Waals surface area contributed by atoms with Crippen LogP contribution >= 0.6 is 0 Å². The van der Waals surface area contributed by atoms with Crippen LogP contribution in [0.3, 0.4) is 0 Å². The SMILES string of the molecule is CC(C)(CO)CCC1(C[Si](C)(C)c2ccccc2)CC1. The summed E-state index contributed by atoms with van der Waals surface area (Å²) in [7, 11) is -1.32. The van der Waals surface area contributed by atoms with E-state index in [4.69, 9.17) is 0 Å². The van der Waals surface area contributed by atoms with Gasteiger partial charge < -0.3 is 5.11 Å². The minimum absolute atomic E-state index is 0.0913. The largest absolute Gasteiger partial charge is 0.396 e. The molecule has 1 fully saturated rings. The van der Waals surface area contributed by atoms with Crippen LogP contribution < -0.4 is 5.19 Å². The lowest BCUT2D eigenvalue weighted by Gasteiger charge is -2.31. The fourth-order valence-electron chi connectivity index (χ4n) is 3.30. The molecule has 112 valence electrons. The van der Waals surface area contributed by atoms with Crippen molar-refractivity contribution in [3.63, 3.8) is 0 Å². The molecule has 1 aliphatic rings. The monoisotopic (exact) mass is 290 g/mol. The van der Waals surface area contributed by atoms with Crippen LogP contribution in [0, 0.1) is 10.8 Å². The van der Waals surface area contributed by atoms with Crippen molar-refractivity contribution >= 4 is 13.3 Å². The second-order valence-corrected chi connectivity index (χ2v) is 12.9. The molecule has 0 spiro atoms. The maximum absolute atomic E-state index is 9.43. The minimum atomic E-state index is -1.32. The summed E-state index contributed by atoms with van der Waals surface area (Å²) in [5.41, 5.74) is 0.687. The lowest BCUT2D eigenvalue weighted by molar-refractivity contribution is 0.141. The normalized spacial score (nSPS) is 18.1. The van der Waals surface area contributed by atoms with Gasteiger partial charge in [0.15, 0.2) is 0 Å². The van der Waals surface area contributed by atoms with Crippen molar-refractivity contribution < 1.29 is 5.11 Å². The zero-order valence-electron chi connectivity index (χ0n) is 13.6. The fourth-order valence-corrected chi connectivity index (χ4v) is 7.01. The van der Waals surface area contributed by atoms with E-state index in [1.165, 1.54) is 25.3 Å². The molecule has 0 radical (unpaired) electrons. The highest BCUT2D eigenvalue weighted by atomic mass is 28.3. The summed E-state index contributed by atoms with van der Waals surface area (Å²) >= 11 is 0. The van der Waals surface area contributed by atoms with Crippen molar-refractivity contribution in [3.8, 4) is 0 Å². The summed E-state index contributed by atoms with van der Waals surface area (Å²) in [5, 5.41) is 11.0. The first-order valence-corrected chi connectivity index (χ1v) is 11.2. The van der Waals surface area contributed by atoms with Crippen LogP contribution in [0.4, 0.5) is 0 Å². The van der Waals surface area contributed by atoms with E-state index < -0.39 is 8.07 Å². The van der Waals surface area contributed by atoms with E-state index in [1.807, 2.05) is 0 Å². The van der Waals surface area contributed by atoms with Crippen molar-refractivity contribution in [1.29, 1.82) is 0 Å². The molecule has 2 rings (SSSR count). The number of rotatable bonds is 7. The Labute approximate surface area is 125 Å². The molecular formula is C18H30OSi. The highest BCUT2D eigenvalue weighted by Gasteiger charge is 2.47. The summed E-state index contributed by atoms with van der Waals surface area (Å²) in [4.78, 5) is 0. The van der Waals surface area contributed by atoms with Gasteiger partial charge in [0.25, 0.3) is 0 Å². The van der Waals surface area contributed by atoms with Crippen LogP contribution in [0.1, 0.15) is 39.5 Å². The van der Waals surface area contributed by atoms with Gasteiger partial charge >= 0.3 is 0 Å². The summed E-state index contributed by atoms with van der Waals surface area (Å²) < 4.78 is 0. The van der Waals surface area contributed by atoms with Crippen molar-refractivity contribution in [2.24, 2.45) is 10.8 Å². The van der Waals surface area contributed by atoms with E-state index in [0.29, 0.717) is 12.0 Å². The quantitative estimate of drug-likeness (QED) is 0.747. The van der Waals surface area contributed by atoms with Crippen LogP contribution in [0.25, 0.3) is 0 Å². The van der Waals surface area contributed by atoms with E-state index >= 15 is 0 Å². The predicted molar refractivity (Wildman–Crippen MR) is 90.1 cm³/mol. The lowest BCUT2D eigenvalue weighted by atomic mass is 9.85. The van der Waals surface area contributed by atoms with Crippen LogP contribution in [0.5, 0.6) is 0 Å². The summed E-state index contributed by atoms with van der Waals surface area (Å²) in [6.45, 7) is 9.70. The average molecular weight is 291 g/mol. The van der Waals surface area contributed by atoms with Gasteiger partial charge in [-0.25, -0.2) is 0 Å². The van der Waals surface area contributed by atoms with E-state index in [2.05, 4.69) is 57.3 Å². The Hall–Kier alpha value is -0.603. The molecule has 2 heteroatoms. The molecule has 1 aromatic carbocycles. The summed E-state index contributed by atoms with van der Waals surface area (Å²) in [5.74, 6) is 0. The van der Waals surface area contributed by atoms with Gasteiger partial charge in [0.05, 0.1) is 8.07 Å². The molecule has 0 unspecified atom stereocenters. The third-order valence-corrected chi connectivity index (χ3v) is 8.62. The van der Waals surface area contributed by atoms with Gasteiger partial charge in [-0.1, -0.05) is 62.5 Å². The first-order valence-electron chi connectivity index (χ1n) is 7.95. The Bertz CT molecular complexity index is 432. The Morgan fingerprint density at radius 3 is 2.25 bits per heavy atom. The van der Waals surface area contributed by atoms with E-state index in [-0.39, 0.29) is 5.41 Å². The molecule has 1 N–H and O–H groups in total. The number of hydrogen-bond donors (Lipinski definition) is 1. The molecule has 0 atom stereocenters. The number of benzene rings is 1. The number of aliphatic hydroxyl groups excluding tert-OH is 1. The Balaban J connectivity index is 1.98. The van der Waals surface area contributed by atoms with Gasteiger partial charge in [-0.2, -0.15) is 0 Å². The fraction of sp³-hybridized carbons (Fsp3) is 0.667. The van der Waals surface area contributed by atoms with Crippen LogP contribution in [-0.2, 0) is 0 Å². The maximum Gasteiger partial charge on any atom is 0.0811 e. The van der Waals surface area contributed by atoms with Crippen LogP contribution in [0.15, 0.2) is 30.3 Å². The smallest absolute Gasteiger partial charge is 0.0811 e. The topological polar surface area (TPSA) is 20.2 Å². The molecule has 20 heavy (non-hydrogen) atoms. The Kier molecular flexibility index (Phi) is 4.46. The van der Waals surface area contributed by atoms with Crippen molar-refractivity contribution in [1.82, 2.24) is 0 Å². The molecular weight excluding hydrogens is 260 g/mol. The average Bonchev–Trinajstić information content (AvgIpc) is 3.17. The number of hydrogen-bond acceptors (Lipinski definition) is 1. The standard InChI is InChI=1S/C18H30OSi/c1-17(2,14-19)10-11-18(12-13-18)15-20(3,4)16-8-6-5-7-9-16/h5-9,19H,10-15H2,1-4H3. The van der Waals surface area contributed by atoms with Crippen molar-refractivity contribution in [2.75, 3.05) is 6.61 Å². The zero-order valence-corrected chi connectivity index (χ0v) is 14.6. The molecule has 1 nitrogen and oxygen atoms in total. The lowest BCUT2D eigenvalue weighted by Crippen LogP contribution is -2.43. The van der Waals surface area contributed by atoms with Gasteiger partial charge in [0, 0.05) is 6.61 Å². The third-order valence-electron chi connectivity index (χ3n) is 5.09.